The number of aromatic amines is 1. The molecule has 0 unspecified atom stereocenters. The van der Waals surface area contributed by atoms with E-state index in [0.29, 0.717) is 25.0 Å². The number of ether oxygens (including phenoxy) is 1. The number of hydrogen-bond donors (Lipinski definition) is 2. The molecule has 1 aliphatic rings. The third-order valence-corrected chi connectivity index (χ3v) is 5.10. The standard InChI is InChI=1S/C21H32N6O/c1-4-22-21(27-12-9-17(10-13-27)20-24-15-25-26-20)23-11-14-28-19-8-6-5-7-18(19)16(2)3/h5-8,15-17H,4,9-14H2,1-3H3,(H,22,23)(H,24,25,26). The minimum atomic E-state index is 0.447. The van der Waals surface area contributed by atoms with Crippen molar-refractivity contribution >= 4 is 5.96 Å². The lowest BCUT2D eigenvalue weighted by atomic mass is 9.96. The average molecular weight is 385 g/mol. The number of rotatable bonds is 7. The summed E-state index contributed by atoms with van der Waals surface area (Å²) in [4.78, 5) is 11.4. The smallest absolute Gasteiger partial charge is 0.194 e. The topological polar surface area (TPSA) is 78.4 Å². The first kappa shape index (κ1) is 20.2. The summed E-state index contributed by atoms with van der Waals surface area (Å²) in [5.41, 5.74) is 1.24. The Kier molecular flexibility index (Phi) is 7.28. The molecule has 0 bridgehead atoms. The van der Waals surface area contributed by atoms with Gasteiger partial charge in [0.05, 0.1) is 6.54 Å². The van der Waals surface area contributed by atoms with Crippen LogP contribution in [0.25, 0.3) is 0 Å². The summed E-state index contributed by atoms with van der Waals surface area (Å²) in [6.45, 7) is 10.5. The fraction of sp³-hybridized carbons (Fsp3) is 0.571. The number of likely N-dealkylation sites (tertiary alicyclic amines) is 1. The van der Waals surface area contributed by atoms with E-state index in [2.05, 4.69) is 58.3 Å². The van der Waals surface area contributed by atoms with Crippen LogP contribution in [-0.4, -0.2) is 58.8 Å². The Hall–Kier alpha value is -2.57. The van der Waals surface area contributed by atoms with Crippen LogP contribution < -0.4 is 10.1 Å². The van der Waals surface area contributed by atoms with Crippen LogP contribution in [0.4, 0.5) is 0 Å². The van der Waals surface area contributed by atoms with E-state index in [1.54, 1.807) is 6.33 Å². The number of aromatic nitrogens is 3. The van der Waals surface area contributed by atoms with Crippen molar-refractivity contribution < 1.29 is 4.74 Å². The van der Waals surface area contributed by atoms with Gasteiger partial charge >= 0.3 is 0 Å². The lowest BCUT2D eigenvalue weighted by Crippen LogP contribution is -2.45. The van der Waals surface area contributed by atoms with E-state index in [0.717, 1.165) is 50.0 Å². The van der Waals surface area contributed by atoms with Gasteiger partial charge in [0.25, 0.3) is 0 Å². The van der Waals surface area contributed by atoms with Crippen LogP contribution in [0.1, 0.15) is 56.8 Å². The summed E-state index contributed by atoms with van der Waals surface area (Å²) in [6.07, 6.45) is 3.69. The van der Waals surface area contributed by atoms with Gasteiger partial charge in [-0.15, -0.1) is 0 Å². The molecule has 1 fully saturated rings. The van der Waals surface area contributed by atoms with E-state index in [9.17, 15) is 0 Å². The monoisotopic (exact) mass is 384 g/mol. The predicted octanol–water partition coefficient (Wildman–Crippen LogP) is 3.15. The van der Waals surface area contributed by atoms with Gasteiger partial charge < -0.3 is 15.0 Å². The third kappa shape index (κ3) is 5.24. The van der Waals surface area contributed by atoms with E-state index < -0.39 is 0 Å². The molecule has 7 heteroatoms. The SMILES string of the molecule is CCNC(=NCCOc1ccccc1C(C)C)N1CCC(c2ncn[nH]2)CC1. The largest absolute Gasteiger partial charge is 0.491 e. The number of nitrogens with one attached hydrogen (secondary N) is 2. The summed E-state index contributed by atoms with van der Waals surface area (Å²) in [5.74, 6) is 3.84. The van der Waals surface area contributed by atoms with Crippen LogP contribution in [-0.2, 0) is 0 Å². The van der Waals surface area contributed by atoms with Crippen molar-refractivity contribution in [3.05, 3.63) is 42.0 Å². The molecule has 0 aliphatic carbocycles. The van der Waals surface area contributed by atoms with Gasteiger partial charge in [-0.2, -0.15) is 5.10 Å². The normalized spacial score (nSPS) is 15.9. The molecule has 7 nitrogen and oxygen atoms in total. The summed E-state index contributed by atoms with van der Waals surface area (Å²) in [7, 11) is 0. The predicted molar refractivity (Wildman–Crippen MR) is 112 cm³/mol. The van der Waals surface area contributed by atoms with E-state index in [1.165, 1.54) is 5.56 Å². The molecular formula is C21H32N6O. The molecule has 1 aliphatic heterocycles. The zero-order valence-electron chi connectivity index (χ0n) is 17.2. The quantitative estimate of drug-likeness (QED) is 0.436. The highest BCUT2D eigenvalue weighted by Gasteiger charge is 2.24. The van der Waals surface area contributed by atoms with Crippen LogP contribution in [0.5, 0.6) is 5.75 Å². The molecule has 2 N–H and O–H groups in total. The average Bonchev–Trinajstić information content (AvgIpc) is 3.25. The van der Waals surface area contributed by atoms with Crippen LogP contribution in [0.3, 0.4) is 0 Å². The molecule has 0 atom stereocenters. The Bertz CT molecular complexity index is 735. The molecule has 2 heterocycles. The molecule has 0 amide bonds. The van der Waals surface area contributed by atoms with Gasteiger partial charge in [-0.25, -0.2) is 9.98 Å². The molecule has 0 spiro atoms. The summed E-state index contributed by atoms with van der Waals surface area (Å²) < 4.78 is 6.01. The van der Waals surface area contributed by atoms with E-state index in [4.69, 9.17) is 9.73 Å². The van der Waals surface area contributed by atoms with Gasteiger partial charge in [0.1, 0.15) is 24.5 Å². The maximum Gasteiger partial charge on any atom is 0.194 e. The molecule has 0 radical (unpaired) electrons. The van der Waals surface area contributed by atoms with Crippen LogP contribution in [0.15, 0.2) is 35.6 Å². The van der Waals surface area contributed by atoms with Crippen LogP contribution >= 0.6 is 0 Å². The molecule has 28 heavy (non-hydrogen) atoms. The van der Waals surface area contributed by atoms with Crippen molar-refractivity contribution in [2.75, 3.05) is 32.8 Å². The van der Waals surface area contributed by atoms with Crippen LogP contribution in [0, 0.1) is 0 Å². The molecule has 1 saturated heterocycles. The Labute approximate surface area is 167 Å². The fourth-order valence-electron chi connectivity index (χ4n) is 3.60. The Morgan fingerprint density at radius 2 is 2.11 bits per heavy atom. The number of hydrogen-bond acceptors (Lipinski definition) is 4. The maximum absolute atomic E-state index is 6.01. The molecule has 3 rings (SSSR count). The minimum absolute atomic E-state index is 0.447. The molecule has 152 valence electrons. The van der Waals surface area contributed by atoms with Gasteiger partial charge in [0, 0.05) is 25.6 Å². The second-order valence-corrected chi connectivity index (χ2v) is 7.41. The number of aliphatic imine (C=N–C) groups is 1. The highest BCUT2D eigenvalue weighted by Crippen LogP contribution is 2.26. The van der Waals surface area contributed by atoms with Crippen LogP contribution in [0.2, 0.25) is 0 Å². The van der Waals surface area contributed by atoms with Crippen molar-refractivity contribution in [1.29, 1.82) is 0 Å². The van der Waals surface area contributed by atoms with Gasteiger partial charge in [-0.3, -0.25) is 5.10 Å². The summed E-state index contributed by atoms with van der Waals surface area (Å²) >= 11 is 0. The first-order valence-electron chi connectivity index (χ1n) is 10.3. The third-order valence-electron chi connectivity index (χ3n) is 5.10. The van der Waals surface area contributed by atoms with Gasteiger partial charge in [0.2, 0.25) is 0 Å². The molecule has 1 aromatic carbocycles. The molecule has 0 saturated carbocycles. The highest BCUT2D eigenvalue weighted by atomic mass is 16.5. The van der Waals surface area contributed by atoms with Gasteiger partial charge in [-0.1, -0.05) is 32.0 Å². The highest BCUT2D eigenvalue weighted by molar-refractivity contribution is 5.80. The first-order valence-corrected chi connectivity index (χ1v) is 10.3. The molecule has 1 aromatic heterocycles. The zero-order valence-corrected chi connectivity index (χ0v) is 17.2. The lowest BCUT2D eigenvalue weighted by Gasteiger charge is -2.33. The first-order chi connectivity index (χ1) is 13.7. The minimum Gasteiger partial charge on any atom is -0.491 e. The van der Waals surface area contributed by atoms with Gasteiger partial charge in [-0.05, 0) is 37.3 Å². The second kappa shape index (κ2) is 10.1. The van der Waals surface area contributed by atoms with Crippen molar-refractivity contribution in [3.8, 4) is 5.75 Å². The Morgan fingerprint density at radius 3 is 2.79 bits per heavy atom. The van der Waals surface area contributed by atoms with E-state index in [1.807, 2.05) is 12.1 Å². The Morgan fingerprint density at radius 1 is 1.32 bits per heavy atom. The molecule has 2 aromatic rings. The number of guanidine groups is 1. The van der Waals surface area contributed by atoms with Crippen molar-refractivity contribution in [3.63, 3.8) is 0 Å². The van der Waals surface area contributed by atoms with E-state index in [-0.39, 0.29) is 0 Å². The number of piperidine rings is 1. The zero-order chi connectivity index (χ0) is 19.8. The van der Waals surface area contributed by atoms with Crippen molar-refractivity contribution in [2.24, 2.45) is 4.99 Å². The number of benzene rings is 1. The fourth-order valence-corrected chi connectivity index (χ4v) is 3.60. The number of para-hydroxylation sites is 1. The van der Waals surface area contributed by atoms with Crippen molar-refractivity contribution in [1.82, 2.24) is 25.4 Å². The summed E-state index contributed by atoms with van der Waals surface area (Å²) in [6, 6.07) is 8.25. The second-order valence-electron chi connectivity index (χ2n) is 7.41. The lowest BCUT2D eigenvalue weighted by molar-refractivity contribution is 0.295. The Balaban J connectivity index is 1.52. The van der Waals surface area contributed by atoms with Gasteiger partial charge in [0.15, 0.2) is 5.96 Å². The summed E-state index contributed by atoms with van der Waals surface area (Å²) in [5, 5.41) is 10.4. The number of H-pyrrole nitrogens is 1. The molecular weight excluding hydrogens is 352 g/mol. The van der Waals surface area contributed by atoms with E-state index >= 15 is 0 Å². The van der Waals surface area contributed by atoms with Crippen molar-refractivity contribution in [2.45, 2.75) is 45.4 Å². The number of nitrogens with zero attached hydrogens (tertiary/aromatic N) is 4. The maximum atomic E-state index is 6.01.